The molecule has 100 valence electrons. The molecule has 0 bridgehead atoms. The third-order valence-corrected chi connectivity index (χ3v) is 3.88. The van der Waals surface area contributed by atoms with E-state index in [1.807, 2.05) is 29.6 Å². The van der Waals surface area contributed by atoms with Crippen LogP contribution in [0.5, 0.6) is 11.5 Å². The lowest BCUT2D eigenvalue weighted by Crippen LogP contribution is -1.92. The number of aromatic nitrogens is 2. The zero-order chi connectivity index (χ0) is 13.4. The standard InChI is InChI=1S/C14H10N2O3S/c1-2-10(20-5-1)7-13-15-14(16-19-13)9-3-4-11-12(6-9)18-8-17-11/h1-6H,7-8H2. The number of benzene rings is 1. The predicted molar refractivity (Wildman–Crippen MR) is 73.0 cm³/mol. The van der Waals surface area contributed by atoms with Gasteiger partial charge in [0.15, 0.2) is 11.5 Å². The Morgan fingerprint density at radius 2 is 2.10 bits per heavy atom. The molecule has 0 spiro atoms. The highest BCUT2D eigenvalue weighted by atomic mass is 32.1. The first-order valence-electron chi connectivity index (χ1n) is 6.13. The normalized spacial score (nSPS) is 12.8. The molecule has 0 unspecified atom stereocenters. The third-order valence-electron chi connectivity index (χ3n) is 3.00. The summed E-state index contributed by atoms with van der Waals surface area (Å²) in [5, 5.41) is 6.05. The molecule has 5 nitrogen and oxygen atoms in total. The summed E-state index contributed by atoms with van der Waals surface area (Å²) in [6.07, 6.45) is 0.662. The number of nitrogens with zero attached hydrogens (tertiary/aromatic N) is 2. The molecule has 1 aliphatic heterocycles. The topological polar surface area (TPSA) is 57.4 Å². The van der Waals surface area contributed by atoms with Gasteiger partial charge in [-0.05, 0) is 29.6 Å². The zero-order valence-electron chi connectivity index (χ0n) is 10.4. The van der Waals surface area contributed by atoms with E-state index in [-0.39, 0.29) is 6.79 Å². The Kier molecular flexibility index (Phi) is 2.67. The lowest BCUT2D eigenvalue weighted by Gasteiger charge is -1.97. The van der Waals surface area contributed by atoms with Gasteiger partial charge >= 0.3 is 0 Å². The van der Waals surface area contributed by atoms with Crippen molar-refractivity contribution in [2.45, 2.75) is 6.42 Å². The lowest BCUT2D eigenvalue weighted by atomic mass is 10.2. The summed E-state index contributed by atoms with van der Waals surface area (Å²) in [6, 6.07) is 9.67. The fraction of sp³-hybridized carbons (Fsp3) is 0.143. The molecule has 0 radical (unpaired) electrons. The monoisotopic (exact) mass is 286 g/mol. The van der Waals surface area contributed by atoms with Gasteiger partial charge in [0.2, 0.25) is 18.5 Å². The Hall–Kier alpha value is -2.34. The zero-order valence-corrected chi connectivity index (χ0v) is 11.2. The molecule has 20 heavy (non-hydrogen) atoms. The highest BCUT2D eigenvalue weighted by Crippen LogP contribution is 2.35. The van der Waals surface area contributed by atoms with Crippen molar-refractivity contribution < 1.29 is 14.0 Å². The number of hydrogen-bond acceptors (Lipinski definition) is 6. The molecule has 0 atom stereocenters. The smallest absolute Gasteiger partial charge is 0.232 e. The maximum Gasteiger partial charge on any atom is 0.232 e. The van der Waals surface area contributed by atoms with E-state index in [0.717, 1.165) is 11.3 Å². The van der Waals surface area contributed by atoms with Crippen LogP contribution in [-0.2, 0) is 6.42 Å². The minimum absolute atomic E-state index is 0.259. The van der Waals surface area contributed by atoms with Crippen LogP contribution in [0.4, 0.5) is 0 Å². The summed E-state index contributed by atoms with van der Waals surface area (Å²) in [5.41, 5.74) is 0.857. The molecule has 0 amide bonds. The molecular weight excluding hydrogens is 276 g/mol. The van der Waals surface area contributed by atoms with Crippen molar-refractivity contribution in [3.05, 3.63) is 46.5 Å². The van der Waals surface area contributed by atoms with Crippen molar-refractivity contribution in [2.24, 2.45) is 0 Å². The van der Waals surface area contributed by atoms with Crippen LogP contribution in [0.3, 0.4) is 0 Å². The second-order valence-corrected chi connectivity index (χ2v) is 5.37. The van der Waals surface area contributed by atoms with Crippen molar-refractivity contribution in [1.29, 1.82) is 0 Å². The number of fused-ring (bicyclic) bond motifs is 1. The van der Waals surface area contributed by atoms with Gasteiger partial charge in [-0.1, -0.05) is 11.2 Å². The number of hydrogen-bond donors (Lipinski definition) is 0. The third kappa shape index (κ3) is 2.04. The molecule has 3 heterocycles. The second-order valence-electron chi connectivity index (χ2n) is 4.34. The summed E-state index contributed by atoms with van der Waals surface area (Å²) in [4.78, 5) is 5.61. The number of rotatable bonds is 3. The molecule has 0 saturated heterocycles. The number of ether oxygens (including phenoxy) is 2. The first-order chi connectivity index (χ1) is 9.88. The molecule has 1 aromatic carbocycles. The molecule has 2 aromatic heterocycles. The van der Waals surface area contributed by atoms with Crippen LogP contribution in [0, 0.1) is 0 Å². The molecule has 0 aliphatic carbocycles. The Morgan fingerprint density at radius 1 is 1.15 bits per heavy atom. The highest BCUT2D eigenvalue weighted by molar-refractivity contribution is 7.09. The van der Waals surface area contributed by atoms with Crippen molar-refractivity contribution in [3.63, 3.8) is 0 Å². The highest BCUT2D eigenvalue weighted by Gasteiger charge is 2.16. The fourth-order valence-electron chi connectivity index (χ4n) is 2.04. The van der Waals surface area contributed by atoms with Crippen LogP contribution in [0.1, 0.15) is 10.8 Å². The van der Waals surface area contributed by atoms with Gasteiger partial charge < -0.3 is 14.0 Å². The van der Waals surface area contributed by atoms with Crippen molar-refractivity contribution in [3.8, 4) is 22.9 Å². The molecule has 4 rings (SSSR count). The molecule has 0 fully saturated rings. The summed E-state index contributed by atoms with van der Waals surface area (Å²) < 4.78 is 15.9. The average Bonchev–Trinajstić information content (AvgIpc) is 3.19. The van der Waals surface area contributed by atoms with Gasteiger partial charge in [-0.2, -0.15) is 4.98 Å². The lowest BCUT2D eigenvalue weighted by molar-refractivity contribution is 0.174. The minimum atomic E-state index is 0.259. The van der Waals surface area contributed by atoms with E-state index < -0.39 is 0 Å². The Balaban J connectivity index is 1.61. The van der Waals surface area contributed by atoms with Crippen molar-refractivity contribution in [2.75, 3.05) is 6.79 Å². The van der Waals surface area contributed by atoms with E-state index in [1.54, 1.807) is 11.3 Å². The molecule has 0 N–H and O–H groups in total. The Labute approximate surface area is 118 Å². The van der Waals surface area contributed by atoms with Gasteiger partial charge in [0.1, 0.15) is 0 Å². The van der Waals surface area contributed by atoms with Gasteiger partial charge in [0, 0.05) is 10.4 Å². The summed E-state index contributed by atoms with van der Waals surface area (Å²) >= 11 is 1.67. The van der Waals surface area contributed by atoms with Crippen LogP contribution in [-0.4, -0.2) is 16.9 Å². The van der Waals surface area contributed by atoms with Gasteiger partial charge in [-0.3, -0.25) is 0 Å². The van der Waals surface area contributed by atoms with Gasteiger partial charge in [0.05, 0.1) is 6.42 Å². The minimum Gasteiger partial charge on any atom is -0.454 e. The molecule has 6 heteroatoms. The Morgan fingerprint density at radius 3 is 3.00 bits per heavy atom. The predicted octanol–water partition coefficient (Wildman–Crippen LogP) is 3.12. The van der Waals surface area contributed by atoms with Gasteiger partial charge in [-0.15, -0.1) is 11.3 Å². The largest absolute Gasteiger partial charge is 0.454 e. The van der Waals surface area contributed by atoms with E-state index >= 15 is 0 Å². The molecular formula is C14H10N2O3S. The van der Waals surface area contributed by atoms with Gasteiger partial charge in [-0.25, -0.2) is 0 Å². The summed E-state index contributed by atoms with van der Waals surface area (Å²) in [7, 11) is 0. The van der Waals surface area contributed by atoms with Crippen LogP contribution in [0.2, 0.25) is 0 Å². The summed E-state index contributed by atoms with van der Waals surface area (Å²) in [6.45, 7) is 0.259. The first kappa shape index (κ1) is 11.5. The first-order valence-corrected chi connectivity index (χ1v) is 7.01. The fourth-order valence-corrected chi connectivity index (χ4v) is 2.74. The molecule has 0 saturated carbocycles. The van der Waals surface area contributed by atoms with Gasteiger partial charge in [0.25, 0.3) is 0 Å². The maximum atomic E-state index is 5.35. The SMILES string of the molecule is c1csc(Cc2nc(-c3ccc4c(c3)OCO4)no2)c1. The molecule has 1 aliphatic rings. The van der Waals surface area contributed by atoms with E-state index in [9.17, 15) is 0 Å². The van der Waals surface area contributed by atoms with E-state index in [2.05, 4.69) is 16.2 Å². The van der Waals surface area contributed by atoms with Crippen LogP contribution in [0.25, 0.3) is 11.4 Å². The van der Waals surface area contributed by atoms with Crippen LogP contribution in [0.15, 0.2) is 40.2 Å². The quantitative estimate of drug-likeness (QED) is 0.740. The second kappa shape index (κ2) is 4.64. The maximum absolute atomic E-state index is 5.35. The average molecular weight is 286 g/mol. The van der Waals surface area contributed by atoms with Crippen LogP contribution < -0.4 is 9.47 Å². The van der Waals surface area contributed by atoms with Crippen LogP contribution >= 0.6 is 11.3 Å². The van der Waals surface area contributed by atoms with Crippen molar-refractivity contribution >= 4 is 11.3 Å². The Bertz CT molecular complexity index is 737. The molecule has 3 aromatic rings. The van der Waals surface area contributed by atoms with E-state index in [0.29, 0.717) is 23.9 Å². The van der Waals surface area contributed by atoms with Crippen molar-refractivity contribution in [1.82, 2.24) is 10.1 Å². The van der Waals surface area contributed by atoms with E-state index in [1.165, 1.54) is 4.88 Å². The van der Waals surface area contributed by atoms with E-state index in [4.69, 9.17) is 14.0 Å². The summed E-state index contributed by atoms with van der Waals surface area (Å²) in [5.74, 6) is 2.64. The number of thiophene rings is 1.